The van der Waals surface area contributed by atoms with Crippen LogP contribution in [0.3, 0.4) is 0 Å². The molecule has 0 radical (unpaired) electrons. The summed E-state index contributed by atoms with van der Waals surface area (Å²) >= 11 is 17.3. The minimum Gasteiger partial charge on any atom is -0.336 e. The summed E-state index contributed by atoms with van der Waals surface area (Å²) in [5.41, 5.74) is -0.510. The molecule has 0 aliphatic carbocycles. The molecule has 0 spiro atoms. The molecule has 0 aromatic carbocycles. The molecule has 0 bridgehead atoms. The minimum absolute atomic E-state index is 0.160. The lowest BCUT2D eigenvalue weighted by Crippen LogP contribution is -2.55. The highest BCUT2D eigenvalue weighted by molar-refractivity contribution is 6.68. The number of halogens is 3. The normalized spacial score (nSPS) is 15.3. The zero-order chi connectivity index (χ0) is 12.4. The summed E-state index contributed by atoms with van der Waals surface area (Å²) in [7, 11) is 3.46. The van der Waals surface area contributed by atoms with Gasteiger partial charge in [-0.2, -0.15) is 0 Å². The van der Waals surface area contributed by atoms with Crippen LogP contribution in [-0.2, 0) is 4.79 Å². The first kappa shape index (κ1) is 15.3. The van der Waals surface area contributed by atoms with Crippen molar-refractivity contribution < 1.29 is 4.79 Å². The first-order chi connectivity index (χ1) is 6.46. The number of hydrogen-bond donors (Lipinski definition) is 1. The third-order valence-corrected chi connectivity index (χ3v) is 2.40. The summed E-state index contributed by atoms with van der Waals surface area (Å²) in [6.45, 7) is 5.40. The average Bonchev–Trinajstić information content (AvgIpc) is 1.94. The van der Waals surface area contributed by atoms with Gasteiger partial charge in [-0.3, -0.25) is 9.69 Å². The zero-order valence-electron chi connectivity index (χ0n) is 9.57. The van der Waals surface area contributed by atoms with Gasteiger partial charge in [0.05, 0.1) is 0 Å². The second kappa shape index (κ2) is 5.09. The van der Waals surface area contributed by atoms with Crippen molar-refractivity contribution in [1.82, 2.24) is 10.2 Å². The van der Waals surface area contributed by atoms with Gasteiger partial charge in [-0.25, -0.2) is 0 Å². The van der Waals surface area contributed by atoms with E-state index in [1.807, 2.05) is 0 Å². The summed E-state index contributed by atoms with van der Waals surface area (Å²) < 4.78 is -1.55. The Morgan fingerprint density at radius 3 is 1.80 bits per heavy atom. The summed E-state index contributed by atoms with van der Waals surface area (Å²) in [5, 5.41) is 2.69. The summed E-state index contributed by atoms with van der Waals surface area (Å²) in [4.78, 5) is 13.4. The predicted molar refractivity (Wildman–Crippen MR) is 65.4 cm³/mol. The maximum Gasteiger partial charge on any atom is 0.226 e. The van der Waals surface area contributed by atoms with E-state index in [2.05, 4.69) is 5.32 Å². The Hall–Kier alpha value is 0.300. The average molecular weight is 276 g/mol. The van der Waals surface area contributed by atoms with Crippen LogP contribution in [0, 0.1) is 5.41 Å². The van der Waals surface area contributed by atoms with Crippen molar-refractivity contribution in [3.8, 4) is 0 Å². The first-order valence-corrected chi connectivity index (χ1v) is 5.63. The van der Waals surface area contributed by atoms with Crippen molar-refractivity contribution in [2.24, 2.45) is 5.41 Å². The van der Waals surface area contributed by atoms with Gasteiger partial charge in [0.25, 0.3) is 0 Å². The molecule has 90 valence electrons. The number of nitrogens with zero attached hydrogens (tertiary/aromatic N) is 1. The van der Waals surface area contributed by atoms with E-state index in [1.165, 1.54) is 0 Å². The van der Waals surface area contributed by atoms with Crippen LogP contribution in [-0.4, -0.2) is 34.9 Å². The van der Waals surface area contributed by atoms with E-state index in [1.54, 1.807) is 39.8 Å². The monoisotopic (exact) mass is 274 g/mol. The Morgan fingerprint density at radius 2 is 1.60 bits per heavy atom. The van der Waals surface area contributed by atoms with Gasteiger partial charge in [0.15, 0.2) is 0 Å². The molecule has 3 nitrogen and oxygen atoms in total. The van der Waals surface area contributed by atoms with Gasteiger partial charge in [0, 0.05) is 5.41 Å². The van der Waals surface area contributed by atoms with Crippen LogP contribution in [0.4, 0.5) is 0 Å². The molecule has 0 heterocycles. The van der Waals surface area contributed by atoms with E-state index < -0.39 is 15.4 Å². The van der Waals surface area contributed by atoms with Gasteiger partial charge in [0.1, 0.15) is 6.17 Å². The van der Waals surface area contributed by atoms with Gasteiger partial charge in [-0.1, -0.05) is 55.6 Å². The Morgan fingerprint density at radius 1 is 1.20 bits per heavy atom. The van der Waals surface area contributed by atoms with Crippen molar-refractivity contribution in [3.05, 3.63) is 0 Å². The van der Waals surface area contributed by atoms with Gasteiger partial charge >= 0.3 is 0 Å². The third-order valence-electron chi connectivity index (χ3n) is 1.78. The van der Waals surface area contributed by atoms with Crippen molar-refractivity contribution in [1.29, 1.82) is 0 Å². The molecular weight excluding hydrogens is 258 g/mol. The van der Waals surface area contributed by atoms with Gasteiger partial charge in [-0.15, -0.1) is 0 Å². The fourth-order valence-electron chi connectivity index (χ4n) is 0.844. The number of carbonyl (C=O) groups is 1. The van der Waals surface area contributed by atoms with E-state index in [-0.39, 0.29) is 5.91 Å². The Bertz CT molecular complexity index is 230. The minimum atomic E-state index is -1.55. The van der Waals surface area contributed by atoms with Crippen LogP contribution in [0.25, 0.3) is 0 Å². The number of hydrogen-bond acceptors (Lipinski definition) is 2. The molecule has 0 rings (SSSR count). The fraction of sp³-hybridized carbons (Fsp3) is 0.889. The van der Waals surface area contributed by atoms with Crippen LogP contribution in [0.2, 0.25) is 0 Å². The molecule has 6 heteroatoms. The lowest BCUT2D eigenvalue weighted by molar-refractivity contribution is -0.130. The number of alkyl halides is 3. The lowest BCUT2D eigenvalue weighted by atomic mass is 9.95. The molecule has 1 N–H and O–H groups in total. The number of nitrogens with one attached hydrogen (secondary N) is 1. The van der Waals surface area contributed by atoms with Crippen LogP contribution >= 0.6 is 34.8 Å². The SMILES string of the molecule is CN(C)C(NC(=O)C(C)(C)C)C(Cl)(Cl)Cl. The van der Waals surface area contributed by atoms with Crippen LogP contribution < -0.4 is 5.32 Å². The van der Waals surface area contributed by atoms with Gasteiger partial charge in [-0.05, 0) is 14.1 Å². The highest BCUT2D eigenvalue weighted by Gasteiger charge is 2.37. The molecule has 15 heavy (non-hydrogen) atoms. The summed E-state index contributed by atoms with van der Waals surface area (Å²) in [5.74, 6) is -0.160. The van der Waals surface area contributed by atoms with E-state index >= 15 is 0 Å². The smallest absolute Gasteiger partial charge is 0.226 e. The summed E-state index contributed by atoms with van der Waals surface area (Å²) in [6.07, 6.45) is -0.644. The van der Waals surface area contributed by atoms with E-state index in [0.717, 1.165) is 0 Å². The standard InChI is InChI=1S/C9H17Cl3N2O/c1-8(2,3)7(15)13-6(14(4)5)9(10,11)12/h6H,1-5H3,(H,13,15). The van der Waals surface area contributed by atoms with Crippen LogP contribution in [0.15, 0.2) is 0 Å². The Balaban J connectivity index is 4.66. The topological polar surface area (TPSA) is 32.3 Å². The van der Waals surface area contributed by atoms with Crippen LogP contribution in [0.1, 0.15) is 20.8 Å². The molecule has 1 unspecified atom stereocenters. The molecule has 0 aromatic rings. The zero-order valence-corrected chi connectivity index (χ0v) is 11.8. The number of amides is 1. The molecule has 0 aliphatic heterocycles. The van der Waals surface area contributed by atoms with Crippen molar-refractivity contribution in [2.75, 3.05) is 14.1 Å². The molecule has 0 aliphatic rings. The van der Waals surface area contributed by atoms with Gasteiger partial charge < -0.3 is 5.32 Å². The van der Waals surface area contributed by atoms with Gasteiger partial charge in [0.2, 0.25) is 9.70 Å². The van der Waals surface area contributed by atoms with Crippen LogP contribution in [0.5, 0.6) is 0 Å². The van der Waals surface area contributed by atoms with E-state index in [9.17, 15) is 4.79 Å². The molecule has 0 saturated carbocycles. The van der Waals surface area contributed by atoms with Crippen molar-refractivity contribution in [3.63, 3.8) is 0 Å². The first-order valence-electron chi connectivity index (χ1n) is 4.50. The fourth-order valence-corrected chi connectivity index (χ4v) is 1.59. The van der Waals surface area contributed by atoms with Crippen molar-refractivity contribution >= 4 is 40.7 Å². The third kappa shape index (κ3) is 5.25. The predicted octanol–water partition coefficient (Wildman–Crippen LogP) is 2.41. The Labute approximate surface area is 106 Å². The highest BCUT2D eigenvalue weighted by atomic mass is 35.6. The van der Waals surface area contributed by atoms with E-state index in [0.29, 0.717) is 0 Å². The molecule has 1 amide bonds. The quantitative estimate of drug-likeness (QED) is 0.620. The van der Waals surface area contributed by atoms with E-state index in [4.69, 9.17) is 34.8 Å². The molecule has 0 aromatic heterocycles. The second-order valence-electron chi connectivity index (χ2n) is 4.63. The summed E-state index contributed by atoms with van der Waals surface area (Å²) in [6, 6.07) is 0. The lowest BCUT2D eigenvalue weighted by Gasteiger charge is -2.33. The second-order valence-corrected chi connectivity index (χ2v) is 7.00. The highest BCUT2D eigenvalue weighted by Crippen LogP contribution is 2.31. The van der Waals surface area contributed by atoms with Crippen molar-refractivity contribution in [2.45, 2.75) is 30.7 Å². The number of rotatable bonds is 2. The molecule has 0 saturated heterocycles. The molecule has 1 atom stereocenters. The molecule has 0 fully saturated rings. The maximum atomic E-state index is 11.7. The number of carbonyl (C=O) groups excluding carboxylic acids is 1. The largest absolute Gasteiger partial charge is 0.336 e. The Kier molecular flexibility index (Phi) is 5.19. The molecular formula is C9H17Cl3N2O. The maximum absolute atomic E-state index is 11.7.